The minimum absolute atomic E-state index is 0.0979. The van der Waals surface area contributed by atoms with Gasteiger partial charge in [0.05, 0.1) is 16.8 Å². The van der Waals surface area contributed by atoms with Gasteiger partial charge in [0.15, 0.2) is 0 Å². The second kappa shape index (κ2) is 10.0. The zero-order valence-electron chi connectivity index (χ0n) is 19.9. The number of hydrogen-bond donors (Lipinski definition) is 3. The molecule has 4 aromatic rings. The fraction of sp³-hybridized carbons (Fsp3) is 0.231. The van der Waals surface area contributed by atoms with Crippen molar-refractivity contribution in [2.75, 3.05) is 4.72 Å². The second-order valence-corrected chi connectivity index (χ2v) is 10.6. The van der Waals surface area contributed by atoms with Gasteiger partial charge in [0, 0.05) is 17.0 Å². The molecular formula is C26H23F3N4O4S. The smallest absolute Gasteiger partial charge is 0.406 e. The molecule has 1 aliphatic carbocycles. The maximum Gasteiger partial charge on any atom is 0.573 e. The number of alkyl halides is 3. The Labute approximate surface area is 216 Å². The number of pyridine rings is 1. The van der Waals surface area contributed by atoms with Gasteiger partial charge in [-0.25, -0.2) is 13.4 Å². The molecule has 0 aliphatic heterocycles. The molecule has 2 heterocycles. The van der Waals surface area contributed by atoms with E-state index in [2.05, 4.69) is 24.7 Å². The van der Waals surface area contributed by atoms with Crippen molar-refractivity contribution in [3.05, 3.63) is 72.6 Å². The summed E-state index contributed by atoms with van der Waals surface area (Å²) in [6, 6.07) is 14.7. The molecule has 0 atom stereocenters. The molecule has 0 spiro atoms. The Balaban J connectivity index is 1.48. The van der Waals surface area contributed by atoms with Gasteiger partial charge in [0.2, 0.25) is 0 Å². The highest BCUT2D eigenvalue weighted by Crippen LogP contribution is 2.34. The molecule has 1 saturated carbocycles. The fourth-order valence-corrected chi connectivity index (χ4v) is 5.60. The molecule has 2 aromatic carbocycles. The lowest BCUT2D eigenvalue weighted by atomic mass is 10.0. The van der Waals surface area contributed by atoms with Gasteiger partial charge in [-0.15, -0.1) is 13.2 Å². The molecule has 5 rings (SSSR count). The van der Waals surface area contributed by atoms with Crippen molar-refractivity contribution in [3.8, 4) is 16.9 Å². The van der Waals surface area contributed by atoms with Gasteiger partial charge < -0.3 is 15.0 Å². The highest BCUT2D eigenvalue weighted by molar-refractivity contribution is 7.92. The van der Waals surface area contributed by atoms with Crippen LogP contribution >= 0.6 is 0 Å². The summed E-state index contributed by atoms with van der Waals surface area (Å²) in [4.78, 5) is 20.4. The summed E-state index contributed by atoms with van der Waals surface area (Å²) in [6.07, 6.45) is 0.365. The number of nitrogens with one attached hydrogen (secondary N) is 3. The number of aromatic nitrogens is 2. The van der Waals surface area contributed by atoms with Crippen molar-refractivity contribution >= 4 is 32.7 Å². The van der Waals surface area contributed by atoms with E-state index in [4.69, 9.17) is 0 Å². The highest BCUT2D eigenvalue weighted by Gasteiger charge is 2.31. The Kier molecular flexibility index (Phi) is 6.74. The van der Waals surface area contributed by atoms with Crippen LogP contribution in [0.15, 0.2) is 71.8 Å². The summed E-state index contributed by atoms with van der Waals surface area (Å²) in [6.45, 7) is 0. The van der Waals surface area contributed by atoms with Crippen molar-refractivity contribution in [1.82, 2.24) is 15.3 Å². The number of ether oxygens (including phenoxy) is 1. The van der Waals surface area contributed by atoms with E-state index < -0.39 is 22.1 Å². The predicted molar refractivity (Wildman–Crippen MR) is 135 cm³/mol. The summed E-state index contributed by atoms with van der Waals surface area (Å²) in [5.41, 5.74) is 2.17. The van der Waals surface area contributed by atoms with Crippen LogP contribution in [0.5, 0.6) is 5.75 Å². The maximum absolute atomic E-state index is 13.2. The Morgan fingerprint density at radius 3 is 2.37 bits per heavy atom. The van der Waals surface area contributed by atoms with E-state index >= 15 is 0 Å². The molecule has 12 heteroatoms. The van der Waals surface area contributed by atoms with E-state index in [1.807, 2.05) is 30.3 Å². The standard InChI is InChI=1S/C26H23F3N4O4S/c27-26(28,29)37-19-10-12-20(13-11-19)38(35,36)33-18-14-21-22(16-6-2-1-3-7-16)23(32-24(21)30-15-18)25(34)31-17-8-4-5-9-17/h1-3,6-7,10-15,17,33H,4-5,8-9H2,(H,30,32)(H,31,34). The van der Waals surface area contributed by atoms with E-state index in [1.165, 1.54) is 6.20 Å². The Morgan fingerprint density at radius 1 is 1.03 bits per heavy atom. The highest BCUT2D eigenvalue weighted by atomic mass is 32.2. The largest absolute Gasteiger partial charge is 0.573 e. The molecule has 0 saturated heterocycles. The van der Waals surface area contributed by atoms with Gasteiger partial charge in [-0.05, 0) is 48.7 Å². The number of fused-ring (bicyclic) bond motifs is 1. The zero-order chi connectivity index (χ0) is 26.9. The van der Waals surface area contributed by atoms with Crippen molar-refractivity contribution in [1.29, 1.82) is 0 Å². The van der Waals surface area contributed by atoms with Crippen molar-refractivity contribution in [2.24, 2.45) is 0 Å². The molecule has 1 amide bonds. The van der Waals surface area contributed by atoms with Gasteiger partial charge >= 0.3 is 6.36 Å². The quantitative estimate of drug-likeness (QED) is 0.280. The Bertz CT molecular complexity index is 1560. The summed E-state index contributed by atoms with van der Waals surface area (Å²) >= 11 is 0. The van der Waals surface area contributed by atoms with E-state index in [-0.39, 0.29) is 22.5 Å². The van der Waals surface area contributed by atoms with Crippen molar-refractivity contribution < 1.29 is 31.1 Å². The van der Waals surface area contributed by atoms with Crippen LogP contribution in [0.25, 0.3) is 22.2 Å². The molecule has 0 bridgehead atoms. The number of amides is 1. The van der Waals surface area contributed by atoms with Gasteiger partial charge in [0.25, 0.3) is 15.9 Å². The number of hydrogen-bond acceptors (Lipinski definition) is 5. The molecule has 1 fully saturated rings. The van der Waals surface area contributed by atoms with Gasteiger partial charge in [-0.2, -0.15) is 0 Å². The summed E-state index contributed by atoms with van der Waals surface area (Å²) in [5.74, 6) is -0.806. The number of carbonyl (C=O) groups is 1. The Morgan fingerprint density at radius 2 is 1.71 bits per heavy atom. The first kappa shape index (κ1) is 25.6. The average molecular weight is 545 g/mol. The number of halogens is 3. The first-order valence-electron chi connectivity index (χ1n) is 11.9. The van der Waals surface area contributed by atoms with Crippen LogP contribution in [0, 0.1) is 0 Å². The first-order valence-corrected chi connectivity index (χ1v) is 13.3. The number of benzene rings is 2. The van der Waals surface area contributed by atoms with Gasteiger partial charge in [0.1, 0.15) is 17.1 Å². The van der Waals surface area contributed by atoms with Crippen LogP contribution in [0.2, 0.25) is 0 Å². The summed E-state index contributed by atoms with van der Waals surface area (Å²) < 4.78 is 69.3. The SMILES string of the molecule is O=C(NC1CCCC1)c1[nH]c2ncc(NS(=O)(=O)c3ccc(OC(F)(F)F)cc3)cc2c1-c1ccccc1. The van der Waals surface area contributed by atoms with E-state index in [0.29, 0.717) is 22.3 Å². The third-order valence-electron chi connectivity index (χ3n) is 6.25. The molecular weight excluding hydrogens is 521 g/mol. The van der Waals surface area contributed by atoms with Crippen LogP contribution < -0.4 is 14.8 Å². The third-order valence-corrected chi connectivity index (χ3v) is 7.65. The zero-order valence-corrected chi connectivity index (χ0v) is 20.7. The van der Waals surface area contributed by atoms with Crippen molar-refractivity contribution in [3.63, 3.8) is 0 Å². The van der Waals surface area contributed by atoms with E-state index in [9.17, 15) is 26.4 Å². The Hall–Kier alpha value is -4.06. The lowest BCUT2D eigenvalue weighted by Crippen LogP contribution is -2.33. The minimum Gasteiger partial charge on any atom is -0.406 e. The number of rotatable bonds is 7. The molecule has 198 valence electrons. The van der Waals surface area contributed by atoms with E-state index in [0.717, 1.165) is 55.5 Å². The third kappa shape index (κ3) is 5.59. The van der Waals surface area contributed by atoms with Gasteiger partial charge in [-0.3, -0.25) is 9.52 Å². The predicted octanol–water partition coefficient (Wildman–Crippen LogP) is 5.60. The second-order valence-electron chi connectivity index (χ2n) is 8.94. The van der Waals surface area contributed by atoms with E-state index in [1.54, 1.807) is 6.07 Å². The fourth-order valence-electron chi connectivity index (χ4n) is 4.56. The lowest BCUT2D eigenvalue weighted by Gasteiger charge is -2.12. The van der Waals surface area contributed by atoms with Crippen molar-refractivity contribution in [2.45, 2.75) is 43.0 Å². The van der Waals surface area contributed by atoms with Gasteiger partial charge in [-0.1, -0.05) is 43.2 Å². The number of aromatic amines is 1. The van der Waals surface area contributed by atoms with Crippen LogP contribution in [-0.4, -0.2) is 36.7 Å². The molecule has 8 nitrogen and oxygen atoms in total. The van der Waals surface area contributed by atoms with Crippen LogP contribution in [0.1, 0.15) is 36.2 Å². The van der Waals surface area contributed by atoms with Crippen LogP contribution in [0.4, 0.5) is 18.9 Å². The molecule has 38 heavy (non-hydrogen) atoms. The number of carbonyl (C=O) groups excluding carboxylic acids is 1. The summed E-state index contributed by atoms with van der Waals surface area (Å²) in [7, 11) is -4.16. The maximum atomic E-state index is 13.2. The topological polar surface area (TPSA) is 113 Å². The molecule has 0 radical (unpaired) electrons. The number of sulfonamides is 1. The molecule has 0 unspecified atom stereocenters. The average Bonchev–Trinajstić information content (AvgIpc) is 3.51. The van der Waals surface area contributed by atoms with Crippen LogP contribution in [0.3, 0.4) is 0 Å². The number of anilines is 1. The monoisotopic (exact) mass is 544 g/mol. The number of nitrogens with zero attached hydrogens (tertiary/aromatic N) is 1. The molecule has 2 aromatic heterocycles. The van der Waals surface area contributed by atoms with Crippen LogP contribution in [-0.2, 0) is 10.0 Å². The summed E-state index contributed by atoms with van der Waals surface area (Å²) in [5, 5.41) is 3.60. The normalized spacial score (nSPS) is 14.5. The lowest BCUT2D eigenvalue weighted by molar-refractivity contribution is -0.274. The first-order chi connectivity index (χ1) is 18.1. The molecule has 1 aliphatic rings. The molecule has 3 N–H and O–H groups in total. The minimum atomic E-state index is -4.89. The number of H-pyrrole nitrogens is 1.